The van der Waals surface area contributed by atoms with Crippen LogP contribution in [-0.4, -0.2) is 30.3 Å². The molecule has 0 saturated carbocycles. The molecular formula is C18H15N3O5. The number of nitrogens with zero attached hydrogens (tertiary/aromatic N) is 2. The van der Waals surface area contributed by atoms with Crippen molar-refractivity contribution in [2.24, 2.45) is 5.10 Å². The second-order valence-electron chi connectivity index (χ2n) is 5.22. The van der Waals surface area contributed by atoms with Crippen LogP contribution in [0.5, 0.6) is 11.5 Å². The molecule has 2 aromatic carbocycles. The molecule has 1 N–H and O–H groups in total. The summed E-state index contributed by atoms with van der Waals surface area (Å²) in [5.74, 6) is 0.466. The van der Waals surface area contributed by atoms with Crippen LogP contribution in [0.1, 0.15) is 15.9 Å². The van der Waals surface area contributed by atoms with Crippen LogP contribution in [0.2, 0.25) is 0 Å². The Kier molecular flexibility index (Phi) is 5.23. The number of fused-ring (bicyclic) bond motifs is 1. The van der Waals surface area contributed by atoms with Crippen molar-refractivity contribution in [3.05, 3.63) is 69.8 Å². The first kappa shape index (κ1) is 17.2. The van der Waals surface area contributed by atoms with Gasteiger partial charge in [-0.2, -0.15) is 5.10 Å². The van der Waals surface area contributed by atoms with E-state index < -0.39 is 10.8 Å². The predicted molar refractivity (Wildman–Crippen MR) is 95.5 cm³/mol. The number of nitro groups is 1. The van der Waals surface area contributed by atoms with Crippen LogP contribution in [0.25, 0.3) is 6.08 Å². The summed E-state index contributed by atoms with van der Waals surface area (Å²) in [6.45, 7) is 0.811. The minimum absolute atomic E-state index is 0.00533. The van der Waals surface area contributed by atoms with Gasteiger partial charge in [-0.15, -0.1) is 0 Å². The van der Waals surface area contributed by atoms with Crippen LogP contribution in [0.3, 0.4) is 0 Å². The Morgan fingerprint density at radius 3 is 2.81 bits per heavy atom. The molecule has 132 valence electrons. The van der Waals surface area contributed by atoms with Crippen molar-refractivity contribution in [3.8, 4) is 11.5 Å². The summed E-state index contributed by atoms with van der Waals surface area (Å²) in [5.41, 5.74) is 3.14. The largest absolute Gasteiger partial charge is 0.486 e. The first-order valence-corrected chi connectivity index (χ1v) is 7.79. The molecule has 0 radical (unpaired) electrons. The zero-order chi connectivity index (χ0) is 18.4. The Bertz CT molecular complexity index is 892. The maximum atomic E-state index is 12.2. The zero-order valence-corrected chi connectivity index (χ0v) is 13.6. The van der Waals surface area contributed by atoms with Gasteiger partial charge in [0.15, 0.2) is 11.5 Å². The molecule has 0 atom stereocenters. The lowest BCUT2D eigenvalue weighted by Crippen LogP contribution is -2.22. The highest BCUT2D eigenvalue weighted by Gasteiger charge is 2.19. The quantitative estimate of drug-likeness (QED) is 0.506. The molecule has 0 saturated heterocycles. The first-order chi connectivity index (χ1) is 12.7. The normalized spacial score (nSPS) is 13.1. The van der Waals surface area contributed by atoms with Gasteiger partial charge in [-0.1, -0.05) is 18.2 Å². The van der Waals surface area contributed by atoms with Gasteiger partial charge in [0.2, 0.25) is 0 Å². The maximum absolute atomic E-state index is 12.2. The number of rotatable bonds is 5. The van der Waals surface area contributed by atoms with Gasteiger partial charge in [-0.05, 0) is 30.4 Å². The van der Waals surface area contributed by atoms with Crippen molar-refractivity contribution in [2.75, 3.05) is 13.2 Å². The molecule has 26 heavy (non-hydrogen) atoms. The number of nitrogens with one attached hydrogen (secondary N) is 1. The zero-order valence-electron chi connectivity index (χ0n) is 13.6. The number of benzene rings is 2. The second kappa shape index (κ2) is 7.93. The van der Waals surface area contributed by atoms with Gasteiger partial charge < -0.3 is 9.47 Å². The summed E-state index contributed by atoms with van der Waals surface area (Å²) < 4.78 is 10.9. The molecule has 0 spiro atoms. The third-order valence-corrected chi connectivity index (χ3v) is 3.55. The van der Waals surface area contributed by atoms with Crippen molar-refractivity contribution < 1.29 is 19.2 Å². The molecule has 0 aliphatic carbocycles. The Labute approximate surface area is 148 Å². The lowest BCUT2D eigenvalue weighted by molar-refractivity contribution is -0.385. The Hall–Kier alpha value is -3.68. The number of nitro benzene ring substituents is 1. The SMILES string of the molecule is O=C(N/N=C/C=C/c1ccccc1[N+](=O)[O-])c1cccc2c1OCCO2. The van der Waals surface area contributed by atoms with Gasteiger partial charge >= 0.3 is 0 Å². The number of para-hydroxylation sites is 2. The second-order valence-corrected chi connectivity index (χ2v) is 5.22. The molecule has 0 bridgehead atoms. The summed E-state index contributed by atoms with van der Waals surface area (Å²) in [6, 6.07) is 11.4. The fraction of sp³-hybridized carbons (Fsp3) is 0.111. The van der Waals surface area contributed by atoms with E-state index in [0.717, 1.165) is 0 Å². The first-order valence-electron chi connectivity index (χ1n) is 7.79. The van der Waals surface area contributed by atoms with E-state index in [1.165, 1.54) is 24.4 Å². The highest BCUT2D eigenvalue weighted by atomic mass is 16.6. The van der Waals surface area contributed by atoms with E-state index >= 15 is 0 Å². The van der Waals surface area contributed by atoms with Crippen LogP contribution in [-0.2, 0) is 0 Å². The highest BCUT2D eigenvalue weighted by Crippen LogP contribution is 2.33. The smallest absolute Gasteiger partial charge is 0.276 e. The van der Waals surface area contributed by atoms with Gasteiger partial charge in [-0.3, -0.25) is 14.9 Å². The number of amides is 1. The third-order valence-electron chi connectivity index (χ3n) is 3.55. The molecular weight excluding hydrogens is 338 g/mol. The fourth-order valence-electron chi connectivity index (χ4n) is 2.39. The van der Waals surface area contributed by atoms with Crippen molar-refractivity contribution in [1.82, 2.24) is 5.43 Å². The monoisotopic (exact) mass is 353 g/mol. The molecule has 8 nitrogen and oxygen atoms in total. The minimum Gasteiger partial charge on any atom is -0.486 e. The molecule has 0 unspecified atom stereocenters. The lowest BCUT2D eigenvalue weighted by Gasteiger charge is -2.20. The lowest BCUT2D eigenvalue weighted by atomic mass is 10.1. The van der Waals surface area contributed by atoms with Gasteiger partial charge in [-0.25, -0.2) is 5.43 Å². The minimum atomic E-state index is -0.459. The molecule has 0 fully saturated rings. The highest BCUT2D eigenvalue weighted by molar-refractivity contribution is 5.98. The number of carbonyl (C=O) groups excluding carboxylic acids is 1. The van der Waals surface area contributed by atoms with E-state index in [1.807, 2.05) is 0 Å². The Morgan fingerprint density at radius 1 is 1.15 bits per heavy atom. The average Bonchev–Trinajstić information content (AvgIpc) is 2.67. The topological polar surface area (TPSA) is 103 Å². The number of hydrogen-bond donors (Lipinski definition) is 1. The van der Waals surface area contributed by atoms with Crippen molar-refractivity contribution in [3.63, 3.8) is 0 Å². The van der Waals surface area contributed by atoms with Crippen LogP contribution >= 0.6 is 0 Å². The predicted octanol–water partition coefficient (Wildman–Crippen LogP) is 2.80. The number of hydrogen-bond acceptors (Lipinski definition) is 6. The van der Waals surface area contributed by atoms with Crippen LogP contribution in [0.15, 0.2) is 53.6 Å². The molecule has 8 heteroatoms. The number of hydrazone groups is 1. The summed E-state index contributed by atoms with van der Waals surface area (Å²) in [7, 11) is 0. The standard InChI is InChI=1S/C18H15N3O5/c22-18(14-7-3-9-16-17(14)26-12-11-25-16)20-19-10-4-6-13-5-1-2-8-15(13)21(23)24/h1-10H,11-12H2,(H,20,22)/b6-4+,19-10+. The van der Waals surface area contributed by atoms with Crippen molar-refractivity contribution >= 4 is 23.9 Å². The summed E-state index contributed by atoms with van der Waals surface area (Å²) in [5, 5.41) is 14.7. The van der Waals surface area contributed by atoms with E-state index in [0.29, 0.717) is 35.8 Å². The molecule has 0 aromatic heterocycles. The van der Waals surface area contributed by atoms with Crippen molar-refractivity contribution in [1.29, 1.82) is 0 Å². The molecule has 3 rings (SSSR count). The fourth-order valence-corrected chi connectivity index (χ4v) is 2.39. The molecule has 1 aliphatic rings. The Morgan fingerprint density at radius 2 is 1.96 bits per heavy atom. The van der Waals surface area contributed by atoms with E-state index in [-0.39, 0.29) is 5.69 Å². The van der Waals surface area contributed by atoms with Crippen LogP contribution in [0, 0.1) is 10.1 Å². The van der Waals surface area contributed by atoms with E-state index in [4.69, 9.17) is 9.47 Å². The van der Waals surface area contributed by atoms with E-state index in [9.17, 15) is 14.9 Å². The summed E-state index contributed by atoms with van der Waals surface area (Å²) in [4.78, 5) is 22.7. The van der Waals surface area contributed by atoms with Crippen molar-refractivity contribution in [2.45, 2.75) is 0 Å². The van der Waals surface area contributed by atoms with E-state index in [2.05, 4.69) is 10.5 Å². The molecule has 1 aliphatic heterocycles. The summed E-state index contributed by atoms with van der Waals surface area (Å²) >= 11 is 0. The number of carbonyl (C=O) groups is 1. The van der Waals surface area contributed by atoms with E-state index in [1.54, 1.807) is 36.4 Å². The van der Waals surface area contributed by atoms with Gasteiger partial charge in [0.25, 0.3) is 11.6 Å². The molecule has 1 heterocycles. The molecule has 2 aromatic rings. The summed E-state index contributed by atoms with van der Waals surface area (Å²) in [6.07, 6.45) is 4.37. The maximum Gasteiger partial charge on any atom is 0.276 e. The van der Waals surface area contributed by atoms with Crippen LogP contribution in [0.4, 0.5) is 5.69 Å². The Balaban J connectivity index is 1.65. The third kappa shape index (κ3) is 3.86. The van der Waals surface area contributed by atoms with Gasteiger partial charge in [0.1, 0.15) is 13.2 Å². The number of ether oxygens (including phenoxy) is 2. The molecule has 1 amide bonds. The average molecular weight is 353 g/mol. The van der Waals surface area contributed by atoms with Gasteiger partial charge in [0, 0.05) is 12.3 Å². The van der Waals surface area contributed by atoms with Gasteiger partial charge in [0.05, 0.1) is 16.1 Å². The number of allylic oxidation sites excluding steroid dienone is 1. The van der Waals surface area contributed by atoms with Crippen LogP contribution < -0.4 is 14.9 Å².